The van der Waals surface area contributed by atoms with Crippen LogP contribution in [0.1, 0.15) is 16.7 Å². The number of nitrogens with zero attached hydrogens (tertiary/aromatic N) is 2. The van der Waals surface area contributed by atoms with Crippen LogP contribution in [-0.2, 0) is 4.79 Å². The van der Waals surface area contributed by atoms with Gasteiger partial charge in [0.1, 0.15) is 11.6 Å². The molecule has 0 heterocycles. The molecule has 120 valence electrons. The van der Waals surface area contributed by atoms with Gasteiger partial charge in [0.2, 0.25) is 0 Å². The maximum absolute atomic E-state index is 12.3. The van der Waals surface area contributed by atoms with Gasteiger partial charge in [0.05, 0.1) is 10.5 Å². The van der Waals surface area contributed by atoms with Crippen LogP contribution in [0, 0.1) is 35.3 Å². The van der Waals surface area contributed by atoms with Crippen LogP contribution >= 0.6 is 0 Å². The number of hydrogen-bond acceptors (Lipinski definition) is 4. The summed E-state index contributed by atoms with van der Waals surface area (Å²) in [5.74, 6) is -0.607. The lowest BCUT2D eigenvalue weighted by Gasteiger charge is -2.08. The summed E-state index contributed by atoms with van der Waals surface area (Å²) in [4.78, 5) is 22.8. The Kier molecular flexibility index (Phi) is 5.07. The monoisotopic (exact) mass is 321 g/mol. The molecule has 0 radical (unpaired) electrons. The first kappa shape index (κ1) is 16.9. The zero-order valence-corrected chi connectivity index (χ0v) is 13.2. The molecule has 0 spiro atoms. The van der Waals surface area contributed by atoms with E-state index in [9.17, 15) is 20.2 Å². The topological polar surface area (TPSA) is 96.0 Å². The van der Waals surface area contributed by atoms with Gasteiger partial charge in [0.25, 0.3) is 11.6 Å². The fraction of sp³-hybridized carbons (Fsp3) is 0.111. The second kappa shape index (κ2) is 7.20. The van der Waals surface area contributed by atoms with Gasteiger partial charge >= 0.3 is 0 Å². The fourth-order valence-corrected chi connectivity index (χ4v) is 2.14. The number of para-hydroxylation sites is 1. The molecule has 0 saturated carbocycles. The maximum Gasteiger partial charge on any atom is 0.276 e. The predicted octanol–water partition coefficient (Wildman–Crippen LogP) is 3.76. The fourth-order valence-electron chi connectivity index (χ4n) is 2.14. The van der Waals surface area contributed by atoms with Gasteiger partial charge in [-0.2, -0.15) is 5.26 Å². The van der Waals surface area contributed by atoms with Gasteiger partial charge in [0, 0.05) is 11.8 Å². The summed E-state index contributed by atoms with van der Waals surface area (Å²) in [6, 6.07) is 13.3. The summed E-state index contributed by atoms with van der Waals surface area (Å²) in [6.45, 7) is 3.73. The van der Waals surface area contributed by atoms with Gasteiger partial charge < -0.3 is 5.32 Å². The van der Waals surface area contributed by atoms with E-state index < -0.39 is 10.8 Å². The summed E-state index contributed by atoms with van der Waals surface area (Å²) in [5.41, 5.74) is 2.27. The van der Waals surface area contributed by atoms with Crippen LogP contribution in [0.2, 0.25) is 0 Å². The highest BCUT2D eigenvalue weighted by Crippen LogP contribution is 2.22. The molecule has 0 unspecified atom stereocenters. The number of amides is 1. The van der Waals surface area contributed by atoms with E-state index in [4.69, 9.17) is 0 Å². The van der Waals surface area contributed by atoms with Crippen LogP contribution in [-0.4, -0.2) is 10.8 Å². The van der Waals surface area contributed by atoms with Crippen molar-refractivity contribution in [2.24, 2.45) is 0 Å². The van der Waals surface area contributed by atoms with Gasteiger partial charge in [0.15, 0.2) is 0 Å². The number of aryl methyl sites for hydroxylation is 2. The number of carbonyl (C=O) groups is 1. The Morgan fingerprint density at radius 3 is 2.62 bits per heavy atom. The predicted molar refractivity (Wildman–Crippen MR) is 91.2 cm³/mol. The number of carbonyl (C=O) groups excluding carboxylic acids is 1. The molecule has 0 bridgehead atoms. The molecule has 1 amide bonds. The first-order valence-electron chi connectivity index (χ1n) is 7.16. The number of nitrogens with one attached hydrogen (secondary N) is 1. The van der Waals surface area contributed by atoms with Crippen molar-refractivity contribution in [3.63, 3.8) is 0 Å². The normalized spacial score (nSPS) is 10.8. The zero-order chi connectivity index (χ0) is 17.7. The summed E-state index contributed by atoms with van der Waals surface area (Å²) >= 11 is 0. The van der Waals surface area contributed by atoms with Crippen LogP contribution in [0.3, 0.4) is 0 Å². The van der Waals surface area contributed by atoms with Gasteiger partial charge in [-0.15, -0.1) is 0 Å². The van der Waals surface area contributed by atoms with Crippen molar-refractivity contribution in [1.29, 1.82) is 5.26 Å². The molecule has 24 heavy (non-hydrogen) atoms. The van der Waals surface area contributed by atoms with E-state index in [1.807, 2.05) is 26.0 Å². The minimum Gasteiger partial charge on any atom is -0.321 e. The molecular weight excluding hydrogens is 306 g/mol. The highest BCUT2D eigenvalue weighted by molar-refractivity contribution is 6.10. The van der Waals surface area contributed by atoms with E-state index in [2.05, 4.69) is 5.32 Å². The Morgan fingerprint density at radius 2 is 1.96 bits per heavy atom. The number of anilines is 1. The average Bonchev–Trinajstić information content (AvgIpc) is 2.56. The van der Waals surface area contributed by atoms with Crippen molar-refractivity contribution in [2.45, 2.75) is 13.8 Å². The maximum atomic E-state index is 12.3. The van der Waals surface area contributed by atoms with Gasteiger partial charge in [-0.1, -0.05) is 24.3 Å². The van der Waals surface area contributed by atoms with Crippen molar-refractivity contribution in [1.82, 2.24) is 0 Å². The second-order valence-corrected chi connectivity index (χ2v) is 5.26. The quantitative estimate of drug-likeness (QED) is 0.401. The van der Waals surface area contributed by atoms with Crippen LogP contribution in [0.5, 0.6) is 0 Å². The highest BCUT2D eigenvalue weighted by Gasteiger charge is 2.15. The lowest BCUT2D eigenvalue weighted by Crippen LogP contribution is -2.14. The lowest BCUT2D eigenvalue weighted by atomic mass is 10.1. The summed E-state index contributed by atoms with van der Waals surface area (Å²) in [5, 5.41) is 22.9. The molecule has 2 rings (SSSR count). The van der Waals surface area contributed by atoms with E-state index in [1.54, 1.807) is 18.2 Å². The van der Waals surface area contributed by atoms with Crippen molar-refractivity contribution < 1.29 is 9.72 Å². The molecule has 0 aliphatic heterocycles. The third-order valence-electron chi connectivity index (χ3n) is 3.44. The van der Waals surface area contributed by atoms with Crippen molar-refractivity contribution >= 4 is 23.4 Å². The van der Waals surface area contributed by atoms with Gasteiger partial charge in [-0.25, -0.2) is 0 Å². The minimum absolute atomic E-state index is 0.162. The molecule has 0 aliphatic carbocycles. The van der Waals surface area contributed by atoms with Crippen LogP contribution in [0.25, 0.3) is 6.08 Å². The molecule has 6 nitrogen and oxygen atoms in total. The third-order valence-corrected chi connectivity index (χ3v) is 3.44. The zero-order valence-electron chi connectivity index (χ0n) is 13.2. The molecule has 6 heteroatoms. The van der Waals surface area contributed by atoms with Crippen LogP contribution in [0.4, 0.5) is 11.4 Å². The first-order valence-corrected chi connectivity index (χ1v) is 7.16. The van der Waals surface area contributed by atoms with E-state index in [-0.39, 0.29) is 16.8 Å². The molecule has 0 saturated heterocycles. The van der Waals surface area contributed by atoms with Gasteiger partial charge in [-0.05, 0) is 43.2 Å². The number of hydrogen-bond donors (Lipinski definition) is 1. The third kappa shape index (κ3) is 3.84. The Bertz CT molecular complexity index is 879. The number of rotatable bonds is 4. The van der Waals surface area contributed by atoms with Crippen molar-refractivity contribution in [3.8, 4) is 6.07 Å². The molecule has 0 aliphatic rings. The minimum atomic E-state index is -0.607. The summed E-state index contributed by atoms with van der Waals surface area (Å²) in [7, 11) is 0. The standard InChI is InChI=1S/C18H15N3O3/c1-12-7-8-13(2)16(9-12)20-18(22)15(11-19)10-14-5-3-4-6-17(14)21(23)24/h3-10H,1-2H3,(H,20,22)/b15-10+. The number of nitriles is 1. The Morgan fingerprint density at radius 1 is 1.25 bits per heavy atom. The Labute approximate surface area is 139 Å². The molecule has 1 N–H and O–H groups in total. The smallest absolute Gasteiger partial charge is 0.276 e. The molecule has 2 aromatic rings. The summed E-state index contributed by atoms with van der Waals surface area (Å²) < 4.78 is 0. The largest absolute Gasteiger partial charge is 0.321 e. The second-order valence-electron chi connectivity index (χ2n) is 5.26. The van der Waals surface area contributed by atoms with Crippen molar-refractivity contribution in [3.05, 3.63) is 74.8 Å². The Balaban J connectivity index is 2.35. The first-order chi connectivity index (χ1) is 11.4. The van der Waals surface area contributed by atoms with E-state index in [0.717, 1.165) is 11.1 Å². The van der Waals surface area contributed by atoms with Crippen LogP contribution < -0.4 is 5.32 Å². The van der Waals surface area contributed by atoms with Crippen molar-refractivity contribution in [2.75, 3.05) is 5.32 Å². The van der Waals surface area contributed by atoms with E-state index in [1.165, 1.54) is 24.3 Å². The summed E-state index contributed by atoms with van der Waals surface area (Å²) in [6.07, 6.45) is 1.22. The van der Waals surface area contributed by atoms with Crippen LogP contribution in [0.15, 0.2) is 48.0 Å². The molecule has 0 fully saturated rings. The Hall–Kier alpha value is -3.46. The average molecular weight is 321 g/mol. The van der Waals surface area contributed by atoms with Gasteiger partial charge in [-0.3, -0.25) is 14.9 Å². The highest BCUT2D eigenvalue weighted by atomic mass is 16.6. The van der Waals surface area contributed by atoms with E-state index in [0.29, 0.717) is 5.69 Å². The SMILES string of the molecule is Cc1ccc(C)c(NC(=O)/C(C#N)=C/c2ccccc2[N+](=O)[O-])c1. The molecule has 0 atom stereocenters. The molecular formula is C18H15N3O3. The number of benzene rings is 2. The lowest BCUT2D eigenvalue weighted by molar-refractivity contribution is -0.385. The number of nitro groups is 1. The van der Waals surface area contributed by atoms with E-state index >= 15 is 0 Å². The molecule has 0 aromatic heterocycles. The number of nitro benzene ring substituents is 1. The molecule has 2 aromatic carbocycles.